The molecule has 3 aromatic rings. The first-order valence-corrected chi connectivity index (χ1v) is 6.68. The molecular formula is C16H12N4O3. The number of nitrogens with two attached hydrogens (primary N) is 1. The van der Waals surface area contributed by atoms with E-state index in [1.54, 1.807) is 30.5 Å². The van der Waals surface area contributed by atoms with Gasteiger partial charge in [-0.2, -0.15) is 5.26 Å². The van der Waals surface area contributed by atoms with Gasteiger partial charge in [0.05, 0.1) is 18.4 Å². The summed E-state index contributed by atoms with van der Waals surface area (Å²) in [4.78, 5) is 26.5. The number of carbonyl (C=O) groups excluding carboxylic acids is 1. The van der Waals surface area contributed by atoms with Gasteiger partial charge in [0.15, 0.2) is 5.69 Å². The molecule has 2 aromatic heterocycles. The molecule has 3 rings (SSSR count). The molecule has 0 unspecified atom stereocenters. The van der Waals surface area contributed by atoms with Crippen molar-refractivity contribution in [2.45, 2.75) is 0 Å². The lowest BCUT2D eigenvalue weighted by Gasteiger charge is -2.09. The molecule has 0 radical (unpaired) electrons. The van der Waals surface area contributed by atoms with Crippen LogP contribution in [0, 0.1) is 11.3 Å². The summed E-state index contributed by atoms with van der Waals surface area (Å²) in [5.74, 6) is -0.661. The van der Waals surface area contributed by atoms with Gasteiger partial charge < -0.3 is 20.0 Å². The maximum Gasteiger partial charge on any atom is 0.357 e. The van der Waals surface area contributed by atoms with Crippen molar-refractivity contribution >= 4 is 22.4 Å². The monoisotopic (exact) mass is 308 g/mol. The van der Waals surface area contributed by atoms with Gasteiger partial charge in [-0.15, -0.1) is 0 Å². The predicted molar refractivity (Wildman–Crippen MR) is 84.4 cm³/mol. The Labute approximate surface area is 130 Å². The first kappa shape index (κ1) is 14.4. The smallest absolute Gasteiger partial charge is 0.357 e. The summed E-state index contributed by atoms with van der Waals surface area (Å²) < 4.78 is 6.18. The molecule has 114 valence electrons. The molecule has 0 spiro atoms. The molecule has 0 fully saturated rings. The maximum absolute atomic E-state index is 12.0. The molecule has 23 heavy (non-hydrogen) atoms. The molecule has 3 N–H and O–H groups in total. The lowest BCUT2D eigenvalue weighted by atomic mass is 10.1. The lowest BCUT2D eigenvalue weighted by molar-refractivity contribution is 0.0593. The highest BCUT2D eigenvalue weighted by atomic mass is 16.5. The average molecular weight is 308 g/mol. The number of carbonyl (C=O) groups is 1. The molecule has 0 saturated heterocycles. The molecule has 7 nitrogen and oxygen atoms in total. The summed E-state index contributed by atoms with van der Waals surface area (Å²) in [5, 5.41) is 10.3. The molecule has 0 aliphatic rings. The van der Waals surface area contributed by atoms with Crippen molar-refractivity contribution in [3.05, 3.63) is 58.3 Å². The Morgan fingerprint density at radius 2 is 2.17 bits per heavy atom. The van der Waals surface area contributed by atoms with Gasteiger partial charge in [-0.1, -0.05) is 6.07 Å². The van der Waals surface area contributed by atoms with E-state index >= 15 is 0 Å². The fourth-order valence-corrected chi connectivity index (χ4v) is 2.44. The largest absolute Gasteiger partial charge is 0.464 e. The number of aromatic nitrogens is 2. The highest BCUT2D eigenvalue weighted by Gasteiger charge is 2.21. The number of benzene rings is 1. The van der Waals surface area contributed by atoms with Crippen molar-refractivity contribution in [1.29, 1.82) is 5.26 Å². The van der Waals surface area contributed by atoms with Crippen LogP contribution in [0.15, 0.2) is 41.5 Å². The number of nitrogens with one attached hydrogen (secondary N) is 1. The molecule has 2 heterocycles. The molecule has 0 aliphatic heterocycles. The second-order valence-corrected chi connectivity index (χ2v) is 4.86. The van der Waals surface area contributed by atoms with E-state index in [0.717, 1.165) is 5.39 Å². The van der Waals surface area contributed by atoms with E-state index in [4.69, 9.17) is 15.7 Å². The van der Waals surface area contributed by atoms with Crippen LogP contribution in [-0.2, 0) is 4.74 Å². The van der Waals surface area contributed by atoms with E-state index in [2.05, 4.69) is 4.98 Å². The minimum absolute atomic E-state index is 0.0430. The van der Waals surface area contributed by atoms with Gasteiger partial charge in [-0.05, 0) is 23.6 Å². The van der Waals surface area contributed by atoms with Gasteiger partial charge in [0.2, 0.25) is 0 Å². The first-order valence-electron chi connectivity index (χ1n) is 6.68. The molecule has 1 aromatic carbocycles. The van der Waals surface area contributed by atoms with Crippen LogP contribution >= 0.6 is 0 Å². The number of methoxy groups -OCH3 is 1. The fraction of sp³-hybridized carbons (Fsp3) is 0.0625. The minimum atomic E-state index is -0.661. The summed E-state index contributed by atoms with van der Waals surface area (Å²) in [5.41, 5.74) is 6.40. The third-order valence-electron chi connectivity index (χ3n) is 3.58. The number of nitrogen functional groups attached to an aromatic ring is 1. The van der Waals surface area contributed by atoms with Gasteiger partial charge in [-0.3, -0.25) is 4.79 Å². The summed E-state index contributed by atoms with van der Waals surface area (Å²) in [7, 11) is 1.23. The normalized spacial score (nSPS) is 10.4. The number of anilines is 1. The van der Waals surface area contributed by atoms with Crippen molar-refractivity contribution in [3.63, 3.8) is 0 Å². The number of pyridine rings is 1. The number of hydrogen-bond donors (Lipinski definition) is 2. The fourth-order valence-electron chi connectivity index (χ4n) is 2.44. The van der Waals surface area contributed by atoms with E-state index in [1.807, 2.05) is 6.07 Å². The third-order valence-corrected chi connectivity index (χ3v) is 3.58. The second-order valence-electron chi connectivity index (χ2n) is 4.86. The Morgan fingerprint density at radius 1 is 1.39 bits per heavy atom. The zero-order chi connectivity index (χ0) is 16.6. The van der Waals surface area contributed by atoms with Crippen LogP contribution in [0.3, 0.4) is 0 Å². The third kappa shape index (κ3) is 2.22. The second kappa shape index (κ2) is 5.35. The number of hydrogen-bond acceptors (Lipinski definition) is 5. The first-order chi connectivity index (χ1) is 11.1. The number of H-pyrrole nitrogens is 1. The number of aromatic amines is 1. The summed E-state index contributed by atoms with van der Waals surface area (Å²) in [6.07, 6.45) is 3.01. The van der Waals surface area contributed by atoms with Crippen molar-refractivity contribution in [2.24, 2.45) is 0 Å². The van der Waals surface area contributed by atoms with Crippen LogP contribution in [0.1, 0.15) is 16.1 Å². The van der Waals surface area contributed by atoms with Crippen LogP contribution in [0.25, 0.3) is 16.5 Å². The van der Waals surface area contributed by atoms with Crippen molar-refractivity contribution in [2.75, 3.05) is 12.8 Å². The molecule has 0 amide bonds. The lowest BCUT2D eigenvalue weighted by Crippen LogP contribution is -2.11. The number of fused-ring (bicyclic) bond motifs is 1. The number of esters is 1. The highest BCUT2D eigenvalue weighted by molar-refractivity contribution is 5.96. The van der Waals surface area contributed by atoms with Crippen LogP contribution in [-0.4, -0.2) is 22.6 Å². The SMILES string of the molecule is COC(=O)c1c(N)c(C#N)cn1-c1ccc2cc[nH]c(=O)c2c1. The number of ether oxygens (including phenoxy) is 1. The zero-order valence-corrected chi connectivity index (χ0v) is 12.2. The van der Waals surface area contributed by atoms with Gasteiger partial charge >= 0.3 is 5.97 Å². The Kier molecular flexibility index (Phi) is 3.35. The number of rotatable bonds is 2. The standard InChI is InChI=1S/C16H12N4O3/c1-23-16(22)14-13(18)10(7-17)8-20(14)11-3-2-9-4-5-19-15(21)12(9)6-11/h2-6,8H,18H2,1H3,(H,19,21). The van der Waals surface area contributed by atoms with E-state index in [9.17, 15) is 9.59 Å². The quantitative estimate of drug-likeness (QED) is 0.697. The maximum atomic E-state index is 12.0. The van der Waals surface area contributed by atoms with Gasteiger partial charge in [0, 0.05) is 23.5 Å². The molecule has 7 heteroatoms. The Hall–Kier alpha value is -3.53. The van der Waals surface area contributed by atoms with Gasteiger partial charge in [0.1, 0.15) is 6.07 Å². The average Bonchev–Trinajstić information content (AvgIpc) is 2.91. The molecular weight excluding hydrogens is 296 g/mol. The number of nitriles is 1. The molecule has 0 saturated carbocycles. The van der Waals surface area contributed by atoms with Crippen LogP contribution < -0.4 is 11.3 Å². The predicted octanol–water partition coefficient (Wildman–Crippen LogP) is 1.56. The Bertz CT molecular complexity index is 1020. The van der Waals surface area contributed by atoms with E-state index in [0.29, 0.717) is 11.1 Å². The van der Waals surface area contributed by atoms with Gasteiger partial charge in [0.25, 0.3) is 5.56 Å². The summed E-state index contributed by atoms with van der Waals surface area (Å²) >= 11 is 0. The topological polar surface area (TPSA) is 114 Å². The van der Waals surface area contributed by atoms with Crippen molar-refractivity contribution < 1.29 is 9.53 Å². The molecule has 0 aliphatic carbocycles. The van der Waals surface area contributed by atoms with Crippen molar-refractivity contribution in [1.82, 2.24) is 9.55 Å². The Morgan fingerprint density at radius 3 is 2.87 bits per heavy atom. The van der Waals surface area contributed by atoms with E-state index < -0.39 is 5.97 Å². The van der Waals surface area contributed by atoms with Gasteiger partial charge in [-0.25, -0.2) is 4.79 Å². The highest BCUT2D eigenvalue weighted by Crippen LogP contribution is 2.25. The number of nitrogens with zero attached hydrogens (tertiary/aromatic N) is 2. The minimum Gasteiger partial charge on any atom is -0.464 e. The molecule has 0 atom stereocenters. The van der Waals surface area contributed by atoms with E-state index in [1.165, 1.54) is 17.9 Å². The van der Waals surface area contributed by atoms with Crippen molar-refractivity contribution in [3.8, 4) is 11.8 Å². The summed E-state index contributed by atoms with van der Waals surface area (Å²) in [6.45, 7) is 0. The Balaban J connectivity index is 2.31. The molecule has 0 bridgehead atoms. The van der Waals surface area contributed by atoms with E-state index in [-0.39, 0.29) is 22.5 Å². The zero-order valence-electron chi connectivity index (χ0n) is 12.2. The van der Waals surface area contributed by atoms with Crippen LogP contribution in [0.4, 0.5) is 5.69 Å². The van der Waals surface area contributed by atoms with Crippen LogP contribution in [0.2, 0.25) is 0 Å². The summed E-state index contributed by atoms with van der Waals surface area (Å²) in [6, 6.07) is 8.81. The van der Waals surface area contributed by atoms with Crippen LogP contribution in [0.5, 0.6) is 0 Å².